The summed E-state index contributed by atoms with van der Waals surface area (Å²) in [5.74, 6) is -0.288. The van der Waals surface area contributed by atoms with Crippen molar-refractivity contribution in [3.63, 3.8) is 0 Å². The highest BCUT2D eigenvalue weighted by molar-refractivity contribution is 5.69. The summed E-state index contributed by atoms with van der Waals surface area (Å²) in [6, 6.07) is 0. The van der Waals surface area contributed by atoms with Crippen molar-refractivity contribution in [2.45, 2.75) is 136 Å². The van der Waals surface area contributed by atoms with E-state index < -0.39 is 6.10 Å². The fourth-order valence-corrected chi connectivity index (χ4v) is 4.07. The molecule has 0 amide bonds. The third kappa shape index (κ3) is 32.2. The standard InChI is InChI=1S/C37H62O4/c1-3-5-7-9-11-13-15-17-18-19-21-23-25-27-29-31-33-40-35-36(34-38)41-37(39)32-30-28-26-24-22-20-16-14-12-10-8-6-4-2/h6,8,11-14,17-18,20,22,26,28,36,38H,3-5,7,9-10,15-16,19,21,23-25,27,29-35H2,1-2H3/b8-6-,13-11-,14-12-,18-17-,22-20-,28-26-. The van der Waals surface area contributed by atoms with Gasteiger partial charge in [-0.05, 0) is 70.6 Å². The van der Waals surface area contributed by atoms with Gasteiger partial charge in [-0.3, -0.25) is 4.79 Å². The lowest BCUT2D eigenvalue weighted by molar-refractivity contribution is -0.154. The minimum atomic E-state index is -0.579. The van der Waals surface area contributed by atoms with Crippen LogP contribution in [-0.4, -0.2) is 37.0 Å². The number of carbonyl (C=O) groups is 1. The van der Waals surface area contributed by atoms with Gasteiger partial charge in [0.25, 0.3) is 0 Å². The summed E-state index contributed by atoms with van der Waals surface area (Å²) in [7, 11) is 0. The molecule has 4 heteroatoms. The summed E-state index contributed by atoms with van der Waals surface area (Å²) in [6.07, 6.45) is 45.2. The molecule has 0 saturated carbocycles. The second-order valence-electron chi connectivity index (χ2n) is 10.5. The van der Waals surface area contributed by atoms with E-state index in [4.69, 9.17) is 9.47 Å². The molecule has 0 spiro atoms. The van der Waals surface area contributed by atoms with Gasteiger partial charge in [0, 0.05) is 13.0 Å². The lowest BCUT2D eigenvalue weighted by atomic mass is 10.1. The average molecular weight is 571 g/mol. The molecule has 1 N–H and O–H groups in total. The molecule has 1 unspecified atom stereocenters. The molecule has 0 aromatic rings. The lowest BCUT2D eigenvalue weighted by Gasteiger charge is -2.15. The maximum Gasteiger partial charge on any atom is 0.306 e. The zero-order valence-corrected chi connectivity index (χ0v) is 26.5. The molecule has 0 aromatic carbocycles. The number of allylic oxidation sites excluding steroid dienone is 12. The number of hydrogen-bond donors (Lipinski definition) is 1. The van der Waals surface area contributed by atoms with Gasteiger partial charge < -0.3 is 14.6 Å². The third-order valence-electron chi connectivity index (χ3n) is 6.53. The van der Waals surface area contributed by atoms with Gasteiger partial charge >= 0.3 is 5.97 Å². The van der Waals surface area contributed by atoms with Crippen LogP contribution in [0.4, 0.5) is 0 Å². The van der Waals surface area contributed by atoms with Crippen molar-refractivity contribution in [1.82, 2.24) is 0 Å². The molecule has 0 fully saturated rings. The van der Waals surface area contributed by atoms with E-state index in [2.05, 4.69) is 80.7 Å². The van der Waals surface area contributed by atoms with Crippen LogP contribution in [-0.2, 0) is 14.3 Å². The fourth-order valence-electron chi connectivity index (χ4n) is 4.07. The molecule has 41 heavy (non-hydrogen) atoms. The molecule has 0 aliphatic rings. The first-order valence-corrected chi connectivity index (χ1v) is 16.5. The summed E-state index contributed by atoms with van der Waals surface area (Å²) in [6.45, 7) is 5.08. The van der Waals surface area contributed by atoms with E-state index in [0.29, 0.717) is 19.4 Å². The molecule has 0 aliphatic carbocycles. The Labute approximate surface area is 253 Å². The molecular weight excluding hydrogens is 508 g/mol. The highest BCUT2D eigenvalue weighted by Gasteiger charge is 2.13. The topological polar surface area (TPSA) is 55.8 Å². The van der Waals surface area contributed by atoms with Crippen LogP contribution >= 0.6 is 0 Å². The van der Waals surface area contributed by atoms with E-state index in [0.717, 1.165) is 44.9 Å². The van der Waals surface area contributed by atoms with Crippen molar-refractivity contribution in [2.75, 3.05) is 19.8 Å². The first-order chi connectivity index (χ1) is 20.2. The van der Waals surface area contributed by atoms with E-state index in [1.54, 1.807) is 0 Å². The van der Waals surface area contributed by atoms with Crippen LogP contribution < -0.4 is 0 Å². The van der Waals surface area contributed by atoms with Crippen molar-refractivity contribution < 1.29 is 19.4 Å². The summed E-state index contributed by atoms with van der Waals surface area (Å²) in [4.78, 5) is 12.0. The van der Waals surface area contributed by atoms with Crippen LogP contribution in [0.3, 0.4) is 0 Å². The van der Waals surface area contributed by atoms with Crippen molar-refractivity contribution in [3.05, 3.63) is 72.9 Å². The van der Waals surface area contributed by atoms with Gasteiger partial charge in [0.1, 0.15) is 6.10 Å². The molecule has 0 aromatic heterocycles. The predicted octanol–water partition coefficient (Wildman–Crippen LogP) is 10.3. The van der Waals surface area contributed by atoms with Gasteiger partial charge in [0.2, 0.25) is 0 Å². The zero-order chi connectivity index (χ0) is 29.9. The minimum Gasteiger partial charge on any atom is -0.457 e. The maximum absolute atomic E-state index is 12.0. The first-order valence-electron chi connectivity index (χ1n) is 16.5. The number of esters is 1. The normalized spacial score (nSPS) is 13.3. The molecular formula is C37H62O4. The molecule has 4 nitrogen and oxygen atoms in total. The van der Waals surface area contributed by atoms with Crippen LogP contribution in [0.1, 0.15) is 129 Å². The Morgan fingerprint density at radius 1 is 0.610 bits per heavy atom. The van der Waals surface area contributed by atoms with E-state index in [9.17, 15) is 9.90 Å². The zero-order valence-electron chi connectivity index (χ0n) is 26.5. The van der Waals surface area contributed by atoms with Crippen LogP contribution in [0.2, 0.25) is 0 Å². The van der Waals surface area contributed by atoms with Crippen LogP contribution in [0.15, 0.2) is 72.9 Å². The number of aliphatic hydroxyl groups excluding tert-OH is 1. The molecule has 0 heterocycles. The minimum absolute atomic E-state index is 0.209. The van der Waals surface area contributed by atoms with E-state index in [-0.39, 0.29) is 19.2 Å². The van der Waals surface area contributed by atoms with Crippen molar-refractivity contribution >= 4 is 5.97 Å². The van der Waals surface area contributed by atoms with Gasteiger partial charge in [-0.25, -0.2) is 0 Å². The molecule has 0 rings (SSSR count). The van der Waals surface area contributed by atoms with Gasteiger partial charge in [-0.2, -0.15) is 0 Å². The largest absolute Gasteiger partial charge is 0.457 e. The Balaban J connectivity index is 3.61. The van der Waals surface area contributed by atoms with Crippen LogP contribution in [0, 0.1) is 0 Å². The van der Waals surface area contributed by atoms with Crippen molar-refractivity contribution in [2.24, 2.45) is 0 Å². The van der Waals surface area contributed by atoms with Crippen LogP contribution in [0.25, 0.3) is 0 Å². The second-order valence-corrected chi connectivity index (χ2v) is 10.5. The number of hydrogen-bond acceptors (Lipinski definition) is 4. The van der Waals surface area contributed by atoms with Gasteiger partial charge in [-0.15, -0.1) is 0 Å². The summed E-state index contributed by atoms with van der Waals surface area (Å²) in [5, 5.41) is 9.51. The Bertz CT molecular complexity index is 729. The van der Waals surface area contributed by atoms with Crippen molar-refractivity contribution in [3.8, 4) is 0 Å². The van der Waals surface area contributed by atoms with Crippen LogP contribution in [0.5, 0.6) is 0 Å². The maximum atomic E-state index is 12.0. The average Bonchev–Trinajstić information content (AvgIpc) is 2.98. The number of ether oxygens (including phenoxy) is 2. The quantitative estimate of drug-likeness (QED) is 0.0552. The van der Waals surface area contributed by atoms with Crippen molar-refractivity contribution in [1.29, 1.82) is 0 Å². The van der Waals surface area contributed by atoms with E-state index >= 15 is 0 Å². The number of unbranched alkanes of at least 4 members (excludes halogenated alkanes) is 9. The summed E-state index contributed by atoms with van der Waals surface area (Å²) in [5.41, 5.74) is 0. The highest BCUT2D eigenvalue weighted by Crippen LogP contribution is 2.09. The first kappa shape index (κ1) is 38.8. The monoisotopic (exact) mass is 570 g/mol. The highest BCUT2D eigenvalue weighted by atomic mass is 16.6. The molecule has 0 radical (unpaired) electrons. The molecule has 1 atom stereocenters. The molecule has 0 saturated heterocycles. The summed E-state index contributed by atoms with van der Waals surface area (Å²) >= 11 is 0. The Kier molecular flexibility index (Phi) is 32.2. The van der Waals surface area contributed by atoms with Gasteiger partial charge in [0.15, 0.2) is 0 Å². The summed E-state index contributed by atoms with van der Waals surface area (Å²) < 4.78 is 11.0. The molecule has 234 valence electrons. The lowest BCUT2D eigenvalue weighted by Crippen LogP contribution is -2.27. The van der Waals surface area contributed by atoms with E-state index in [1.165, 1.54) is 57.8 Å². The van der Waals surface area contributed by atoms with Gasteiger partial charge in [0.05, 0.1) is 13.2 Å². The number of aliphatic hydroxyl groups is 1. The number of carbonyl (C=O) groups excluding carboxylic acids is 1. The number of rotatable bonds is 29. The Hall–Kier alpha value is -2.17. The SMILES string of the molecule is CC/C=C\C/C=C\C/C=C\C/C=C\CCC(=O)OC(CO)COCCCCCCCC/C=C\C/C=C\CCCCC. The molecule has 0 bridgehead atoms. The van der Waals surface area contributed by atoms with Gasteiger partial charge in [-0.1, -0.05) is 125 Å². The molecule has 0 aliphatic heterocycles. The second kappa shape index (κ2) is 34.0. The Morgan fingerprint density at radius 3 is 1.66 bits per heavy atom. The fraction of sp³-hybridized carbons (Fsp3) is 0.649. The van der Waals surface area contributed by atoms with E-state index in [1.807, 2.05) is 6.08 Å². The predicted molar refractivity (Wildman–Crippen MR) is 177 cm³/mol. The Morgan fingerprint density at radius 2 is 1.10 bits per heavy atom. The smallest absolute Gasteiger partial charge is 0.306 e. The third-order valence-corrected chi connectivity index (χ3v) is 6.53.